The number of carbonyl (C=O) groups is 2. The highest BCUT2D eigenvalue weighted by Crippen LogP contribution is 2.32. The topological polar surface area (TPSA) is 72.3 Å². The van der Waals surface area contributed by atoms with E-state index in [1.165, 1.54) is 17.0 Å². The zero-order valence-electron chi connectivity index (χ0n) is 19.6. The molecule has 0 spiro atoms. The van der Waals surface area contributed by atoms with E-state index in [-0.39, 0.29) is 47.6 Å². The molecule has 36 heavy (non-hydrogen) atoms. The van der Waals surface area contributed by atoms with Gasteiger partial charge in [0.2, 0.25) is 5.91 Å². The highest BCUT2D eigenvalue weighted by Gasteiger charge is 2.31. The van der Waals surface area contributed by atoms with Crippen LogP contribution in [0.25, 0.3) is 10.9 Å². The van der Waals surface area contributed by atoms with Crippen molar-refractivity contribution in [2.75, 3.05) is 13.1 Å². The SMILES string of the molecule is CC(=O)N1CCC(c2ccc3ncn(CC(=O)CCc4cc(Cl)cc(C(F)(F)F)c4)c(=O)c3c2)CC1. The lowest BCUT2D eigenvalue weighted by Crippen LogP contribution is -2.36. The van der Waals surface area contributed by atoms with Gasteiger partial charge in [-0.05, 0) is 66.6 Å². The van der Waals surface area contributed by atoms with Crippen molar-refractivity contribution >= 4 is 34.2 Å². The van der Waals surface area contributed by atoms with E-state index in [1.54, 1.807) is 13.0 Å². The molecule has 1 fully saturated rings. The number of carbonyl (C=O) groups excluding carboxylic acids is 2. The molecule has 0 radical (unpaired) electrons. The summed E-state index contributed by atoms with van der Waals surface area (Å²) >= 11 is 5.81. The Morgan fingerprint density at radius 2 is 1.83 bits per heavy atom. The standard InChI is InChI=1S/C26H25ClF3N3O3/c1-16(34)32-8-6-18(7-9-32)19-3-5-24-23(12-19)25(36)33(15-31-24)14-22(35)4-2-17-10-20(26(28,29)30)13-21(27)11-17/h3,5,10-13,15,18H,2,4,6-9,14H2,1H3. The average Bonchev–Trinajstić information content (AvgIpc) is 2.83. The first-order valence-corrected chi connectivity index (χ1v) is 12.0. The van der Waals surface area contributed by atoms with Crippen molar-refractivity contribution in [2.45, 2.75) is 51.2 Å². The molecule has 2 aromatic carbocycles. The van der Waals surface area contributed by atoms with Crippen molar-refractivity contribution in [3.05, 3.63) is 74.8 Å². The van der Waals surface area contributed by atoms with Crippen molar-refractivity contribution < 1.29 is 22.8 Å². The number of hydrogen-bond acceptors (Lipinski definition) is 4. The molecule has 0 N–H and O–H groups in total. The number of fused-ring (bicyclic) bond motifs is 1. The normalized spacial score (nSPS) is 14.9. The summed E-state index contributed by atoms with van der Waals surface area (Å²) < 4.78 is 40.3. The molecule has 1 aromatic heterocycles. The summed E-state index contributed by atoms with van der Waals surface area (Å²) in [4.78, 5) is 43.3. The molecular formula is C26H25ClF3N3O3. The number of hydrogen-bond donors (Lipinski definition) is 0. The molecule has 0 unspecified atom stereocenters. The first kappa shape index (κ1) is 25.9. The van der Waals surface area contributed by atoms with Crippen molar-refractivity contribution in [3.63, 3.8) is 0 Å². The van der Waals surface area contributed by atoms with Crippen molar-refractivity contribution in [3.8, 4) is 0 Å². The van der Waals surface area contributed by atoms with Crippen LogP contribution in [0.1, 0.15) is 48.8 Å². The number of rotatable bonds is 6. The van der Waals surface area contributed by atoms with Gasteiger partial charge in [-0.1, -0.05) is 17.7 Å². The van der Waals surface area contributed by atoms with Crippen LogP contribution in [-0.2, 0) is 28.7 Å². The predicted octanol–water partition coefficient (Wildman–Crippen LogP) is 5.00. The summed E-state index contributed by atoms with van der Waals surface area (Å²) in [5.41, 5.74) is 0.601. The minimum absolute atomic E-state index is 0.0448. The number of aryl methyl sites for hydroxylation is 1. The van der Waals surface area contributed by atoms with Gasteiger partial charge < -0.3 is 4.90 Å². The van der Waals surface area contributed by atoms with Crippen molar-refractivity contribution in [1.82, 2.24) is 14.5 Å². The van der Waals surface area contributed by atoms with E-state index in [9.17, 15) is 27.6 Å². The molecule has 0 atom stereocenters. The minimum atomic E-state index is -4.53. The largest absolute Gasteiger partial charge is 0.416 e. The van der Waals surface area contributed by atoms with Crippen LogP contribution >= 0.6 is 11.6 Å². The lowest BCUT2D eigenvalue weighted by molar-refractivity contribution is -0.137. The Labute approximate surface area is 210 Å². The summed E-state index contributed by atoms with van der Waals surface area (Å²) in [5, 5.41) is 0.353. The number of ketones is 1. The summed E-state index contributed by atoms with van der Waals surface area (Å²) in [7, 11) is 0. The molecule has 190 valence electrons. The van der Waals surface area contributed by atoms with Crippen LogP contribution in [-0.4, -0.2) is 39.2 Å². The molecular weight excluding hydrogens is 495 g/mol. The van der Waals surface area contributed by atoms with E-state index in [0.29, 0.717) is 29.6 Å². The molecule has 1 saturated heterocycles. The van der Waals surface area contributed by atoms with Crippen molar-refractivity contribution in [2.24, 2.45) is 0 Å². The second-order valence-corrected chi connectivity index (χ2v) is 9.56. The number of likely N-dealkylation sites (tertiary alicyclic amines) is 1. The highest BCUT2D eigenvalue weighted by molar-refractivity contribution is 6.30. The molecule has 1 amide bonds. The van der Waals surface area contributed by atoms with Crippen LogP contribution in [0.2, 0.25) is 5.02 Å². The molecule has 0 aliphatic carbocycles. The average molecular weight is 520 g/mol. The van der Waals surface area contributed by atoms with Crippen LogP contribution in [0.4, 0.5) is 13.2 Å². The van der Waals surface area contributed by atoms with Crippen LogP contribution < -0.4 is 5.56 Å². The number of alkyl halides is 3. The van der Waals surface area contributed by atoms with Gasteiger partial charge in [0.25, 0.3) is 5.56 Å². The van der Waals surface area contributed by atoms with Crippen LogP contribution in [0.3, 0.4) is 0 Å². The van der Waals surface area contributed by atoms with Gasteiger partial charge in [-0.15, -0.1) is 0 Å². The maximum Gasteiger partial charge on any atom is 0.416 e. The van der Waals surface area contributed by atoms with Gasteiger partial charge in [-0.3, -0.25) is 19.0 Å². The van der Waals surface area contributed by atoms with Gasteiger partial charge in [0.1, 0.15) is 0 Å². The third kappa shape index (κ3) is 5.95. The van der Waals surface area contributed by atoms with E-state index >= 15 is 0 Å². The number of Topliss-reactive ketones (excluding diaryl/α,β-unsaturated/α-hetero) is 1. The molecule has 6 nitrogen and oxygen atoms in total. The van der Waals surface area contributed by atoms with Gasteiger partial charge >= 0.3 is 6.18 Å². The maximum atomic E-state index is 13.1. The number of benzene rings is 2. The molecule has 1 aliphatic heterocycles. The minimum Gasteiger partial charge on any atom is -0.343 e. The first-order chi connectivity index (χ1) is 17.0. The number of aromatic nitrogens is 2. The summed E-state index contributed by atoms with van der Waals surface area (Å²) in [5.74, 6) is -0.0293. The van der Waals surface area contributed by atoms with Crippen LogP contribution in [0, 0.1) is 0 Å². The number of halogens is 4. The Kier molecular flexibility index (Phi) is 7.49. The second kappa shape index (κ2) is 10.4. The Morgan fingerprint density at radius 1 is 1.11 bits per heavy atom. The van der Waals surface area contributed by atoms with Crippen LogP contribution in [0.15, 0.2) is 47.5 Å². The summed E-state index contributed by atoms with van der Waals surface area (Å²) in [6, 6.07) is 8.76. The zero-order valence-corrected chi connectivity index (χ0v) is 20.4. The zero-order chi connectivity index (χ0) is 26.0. The first-order valence-electron chi connectivity index (χ1n) is 11.6. The van der Waals surface area contributed by atoms with Gasteiger partial charge in [-0.25, -0.2) is 4.98 Å². The fraction of sp³-hybridized carbons (Fsp3) is 0.385. The molecule has 0 bridgehead atoms. The Hall–Kier alpha value is -3.20. The monoisotopic (exact) mass is 519 g/mol. The predicted molar refractivity (Wildman–Crippen MR) is 130 cm³/mol. The lowest BCUT2D eigenvalue weighted by Gasteiger charge is -2.31. The van der Waals surface area contributed by atoms with E-state index in [1.807, 2.05) is 17.0 Å². The van der Waals surface area contributed by atoms with E-state index in [4.69, 9.17) is 11.6 Å². The maximum absolute atomic E-state index is 13.1. The molecule has 2 heterocycles. The van der Waals surface area contributed by atoms with Crippen LogP contribution in [0.5, 0.6) is 0 Å². The Balaban J connectivity index is 1.46. The van der Waals surface area contributed by atoms with Crippen molar-refractivity contribution in [1.29, 1.82) is 0 Å². The summed E-state index contributed by atoms with van der Waals surface area (Å²) in [6.07, 6.45) is -1.58. The van der Waals surface area contributed by atoms with E-state index in [2.05, 4.69) is 4.98 Å². The second-order valence-electron chi connectivity index (χ2n) is 9.12. The quantitative estimate of drug-likeness (QED) is 0.459. The number of amides is 1. The van der Waals surface area contributed by atoms with Gasteiger partial charge in [0, 0.05) is 31.5 Å². The third-order valence-electron chi connectivity index (χ3n) is 6.58. The number of nitrogens with zero attached hydrogens (tertiary/aromatic N) is 3. The third-order valence-corrected chi connectivity index (χ3v) is 6.80. The van der Waals surface area contributed by atoms with E-state index < -0.39 is 11.7 Å². The highest BCUT2D eigenvalue weighted by atomic mass is 35.5. The fourth-order valence-electron chi connectivity index (χ4n) is 4.58. The molecule has 0 saturated carbocycles. The Bertz CT molecular complexity index is 1360. The van der Waals surface area contributed by atoms with Gasteiger partial charge in [0.15, 0.2) is 5.78 Å². The number of piperidine rings is 1. The molecule has 10 heteroatoms. The van der Waals surface area contributed by atoms with Gasteiger partial charge in [0.05, 0.1) is 29.3 Å². The van der Waals surface area contributed by atoms with E-state index in [0.717, 1.165) is 30.5 Å². The smallest absolute Gasteiger partial charge is 0.343 e. The molecule has 3 aromatic rings. The Morgan fingerprint density at radius 3 is 2.50 bits per heavy atom. The molecule has 1 aliphatic rings. The van der Waals surface area contributed by atoms with Gasteiger partial charge in [-0.2, -0.15) is 13.2 Å². The lowest BCUT2D eigenvalue weighted by atomic mass is 9.89. The summed E-state index contributed by atoms with van der Waals surface area (Å²) in [6.45, 7) is 2.66. The fourth-order valence-corrected chi connectivity index (χ4v) is 4.84. The molecule has 4 rings (SSSR count).